The molecule has 0 amide bonds. The van der Waals surface area contributed by atoms with Gasteiger partial charge in [0.25, 0.3) is 0 Å². The second kappa shape index (κ2) is 11.7. The van der Waals surface area contributed by atoms with Crippen LogP contribution in [0.25, 0.3) is 0 Å². The molecule has 1 aromatic rings. The average Bonchev–Trinajstić information content (AvgIpc) is 2.72. The summed E-state index contributed by atoms with van der Waals surface area (Å²) in [6, 6.07) is 2.08. The maximum Gasteiger partial charge on any atom is 0.403 e. The number of alkyl halides is 3. The van der Waals surface area contributed by atoms with Gasteiger partial charge in [0.1, 0.15) is 23.3 Å². The first kappa shape index (κ1) is 26.4. The van der Waals surface area contributed by atoms with E-state index in [2.05, 4.69) is 10.3 Å². The predicted molar refractivity (Wildman–Crippen MR) is 120 cm³/mol. The van der Waals surface area contributed by atoms with Crippen molar-refractivity contribution in [1.29, 1.82) is 0 Å². The van der Waals surface area contributed by atoms with Gasteiger partial charge in [-0.15, -0.1) is 24.0 Å². The molecule has 0 aliphatic carbocycles. The van der Waals surface area contributed by atoms with Crippen LogP contribution in [0.3, 0.4) is 0 Å². The van der Waals surface area contributed by atoms with Crippen LogP contribution in [0.4, 0.5) is 13.2 Å². The molecule has 172 valence electrons. The SMILES string of the molecule is CN=C(NCc1c(OC)cc(OC)cc1OC)N1CCN(C(C)C(F)(F)F)CC1.I. The van der Waals surface area contributed by atoms with E-state index in [1.54, 1.807) is 40.5 Å². The van der Waals surface area contributed by atoms with Crippen molar-refractivity contribution in [2.75, 3.05) is 54.6 Å². The number of piperazine rings is 1. The van der Waals surface area contributed by atoms with Crippen molar-refractivity contribution >= 4 is 29.9 Å². The Labute approximate surface area is 192 Å². The molecule has 0 saturated carbocycles. The number of hydrogen-bond donors (Lipinski definition) is 1. The fraction of sp³-hybridized carbons (Fsp3) is 0.632. The molecule has 1 saturated heterocycles. The molecular weight excluding hydrogens is 516 g/mol. The van der Waals surface area contributed by atoms with Crippen molar-refractivity contribution in [3.63, 3.8) is 0 Å². The van der Waals surface area contributed by atoms with E-state index in [-0.39, 0.29) is 24.0 Å². The first-order valence-electron chi connectivity index (χ1n) is 9.30. The molecule has 0 spiro atoms. The summed E-state index contributed by atoms with van der Waals surface area (Å²) < 4.78 is 55.0. The molecule has 11 heteroatoms. The Morgan fingerprint density at radius 2 is 1.60 bits per heavy atom. The lowest BCUT2D eigenvalue weighted by atomic mass is 10.1. The van der Waals surface area contributed by atoms with Crippen molar-refractivity contribution in [3.8, 4) is 17.2 Å². The topological polar surface area (TPSA) is 58.6 Å². The zero-order valence-electron chi connectivity index (χ0n) is 17.9. The average molecular weight is 546 g/mol. The number of nitrogens with one attached hydrogen (secondary N) is 1. The van der Waals surface area contributed by atoms with E-state index in [1.165, 1.54) is 11.8 Å². The first-order chi connectivity index (χ1) is 13.7. The second-order valence-electron chi connectivity index (χ2n) is 6.65. The molecule has 1 N–H and O–H groups in total. The smallest absolute Gasteiger partial charge is 0.403 e. The van der Waals surface area contributed by atoms with Gasteiger partial charge in [0.2, 0.25) is 0 Å². The molecule has 0 aromatic heterocycles. The summed E-state index contributed by atoms with van der Waals surface area (Å²) in [6.45, 7) is 3.12. The third-order valence-corrected chi connectivity index (χ3v) is 5.09. The van der Waals surface area contributed by atoms with Crippen LogP contribution in [0.1, 0.15) is 12.5 Å². The Balaban J connectivity index is 0.00000450. The number of guanidine groups is 1. The van der Waals surface area contributed by atoms with Gasteiger partial charge in [-0.1, -0.05) is 0 Å². The first-order valence-corrected chi connectivity index (χ1v) is 9.30. The molecular formula is C19H30F3IN4O3. The molecule has 1 unspecified atom stereocenters. The van der Waals surface area contributed by atoms with Crippen molar-refractivity contribution in [2.45, 2.75) is 25.7 Å². The van der Waals surface area contributed by atoms with E-state index in [0.717, 1.165) is 5.56 Å². The molecule has 0 bridgehead atoms. The van der Waals surface area contributed by atoms with Crippen LogP contribution in [0.2, 0.25) is 0 Å². The summed E-state index contributed by atoms with van der Waals surface area (Å²) in [7, 11) is 6.34. The van der Waals surface area contributed by atoms with Gasteiger partial charge in [-0.05, 0) is 6.92 Å². The minimum Gasteiger partial charge on any atom is -0.496 e. The third kappa shape index (κ3) is 6.43. The largest absolute Gasteiger partial charge is 0.496 e. The normalized spacial score (nSPS) is 16.5. The number of methoxy groups -OCH3 is 3. The van der Waals surface area contributed by atoms with Gasteiger partial charge >= 0.3 is 6.18 Å². The second-order valence-corrected chi connectivity index (χ2v) is 6.65. The molecule has 1 fully saturated rings. The van der Waals surface area contributed by atoms with Crippen LogP contribution < -0.4 is 19.5 Å². The van der Waals surface area contributed by atoms with E-state index in [0.29, 0.717) is 55.9 Å². The molecule has 7 nitrogen and oxygen atoms in total. The number of ether oxygens (including phenoxy) is 3. The van der Waals surface area contributed by atoms with E-state index >= 15 is 0 Å². The van der Waals surface area contributed by atoms with Crippen LogP contribution in [-0.4, -0.2) is 82.5 Å². The van der Waals surface area contributed by atoms with E-state index in [4.69, 9.17) is 14.2 Å². The number of rotatable bonds is 6. The van der Waals surface area contributed by atoms with Crippen LogP contribution in [0, 0.1) is 0 Å². The van der Waals surface area contributed by atoms with Crippen molar-refractivity contribution < 1.29 is 27.4 Å². The maximum atomic E-state index is 12.9. The predicted octanol–water partition coefficient (Wildman–Crippen LogP) is 2.97. The maximum absolute atomic E-state index is 12.9. The molecule has 1 atom stereocenters. The summed E-state index contributed by atoms with van der Waals surface area (Å²) in [5.41, 5.74) is 0.793. The van der Waals surface area contributed by atoms with Gasteiger partial charge in [-0.25, -0.2) is 0 Å². The fourth-order valence-electron chi connectivity index (χ4n) is 3.28. The Bertz CT molecular complexity index is 686. The molecule has 1 aliphatic heterocycles. The van der Waals surface area contributed by atoms with Crippen molar-refractivity contribution in [2.24, 2.45) is 4.99 Å². The number of benzene rings is 1. The van der Waals surface area contributed by atoms with Crippen LogP contribution in [-0.2, 0) is 6.54 Å². The highest BCUT2D eigenvalue weighted by molar-refractivity contribution is 14.0. The fourth-order valence-corrected chi connectivity index (χ4v) is 3.28. The Morgan fingerprint density at radius 3 is 2.00 bits per heavy atom. The lowest BCUT2D eigenvalue weighted by Crippen LogP contribution is -2.56. The minimum absolute atomic E-state index is 0. The number of nitrogens with zero attached hydrogens (tertiary/aromatic N) is 3. The Hall–Kier alpha value is -1.63. The molecule has 1 aliphatic rings. The minimum atomic E-state index is -4.22. The quantitative estimate of drug-likeness (QED) is 0.337. The Morgan fingerprint density at radius 1 is 1.07 bits per heavy atom. The summed E-state index contributed by atoms with van der Waals surface area (Å²) in [6.07, 6.45) is -4.22. The molecule has 0 radical (unpaired) electrons. The summed E-state index contributed by atoms with van der Waals surface area (Å²) in [4.78, 5) is 7.66. The number of aliphatic imine (C=N–C) groups is 1. The van der Waals surface area contributed by atoms with Gasteiger partial charge in [0.05, 0.1) is 33.4 Å². The summed E-state index contributed by atoms with van der Waals surface area (Å²) in [5, 5.41) is 3.25. The molecule has 1 heterocycles. The van der Waals surface area contributed by atoms with Gasteiger partial charge in [-0.2, -0.15) is 13.2 Å². The van der Waals surface area contributed by atoms with Crippen LogP contribution in [0.15, 0.2) is 17.1 Å². The molecule has 30 heavy (non-hydrogen) atoms. The lowest BCUT2D eigenvalue weighted by molar-refractivity contribution is -0.181. The van der Waals surface area contributed by atoms with Crippen molar-refractivity contribution in [3.05, 3.63) is 17.7 Å². The van der Waals surface area contributed by atoms with E-state index < -0.39 is 12.2 Å². The number of halogens is 4. The van der Waals surface area contributed by atoms with Crippen molar-refractivity contribution in [1.82, 2.24) is 15.1 Å². The van der Waals surface area contributed by atoms with Crippen LogP contribution in [0.5, 0.6) is 17.2 Å². The highest BCUT2D eigenvalue weighted by Crippen LogP contribution is 2.34. The standard InChI is InChI=1S/C19H29F3N4O3.HI/c1-13(19(20,21)22)25-6-8-26(9-7-25)18(23-2)24-12-15-16(28-4)10-14(27-3)11-17(15)29-5;/h10-11,13H,6-9,12H2,1-5H3,(H,23,24);1H. The molecule has 2 rings (SSSR count). The van der Waals surface area contributed by atoms with Gasteiger partial charge < -0.3 is 24.4 Å². The zero-order chi connectivity index (χ0) is 21.6. The zero-order valence-corrected chi connectivity index (χ0v) is 20.2. The molecule has 1 aromatic carbocycles. The monoisotopic (exact) mass is 546 g/mol. The number of hydrogen-bond acceptors (Lipinski definition) is 5. The Kier molecular flexibility index (Phi) is 10.3. The highest BCUT2D eigenvalue weighted by Gasteiger charge is 2.41. The van der Waals surface area contributed by atoms with Gasteiger partial charge in [0.15, 0.2) is 5.96 Å². The van der Waals surface area contributed by atoms with E-state index in [1.807, 2.05) is 4.90 Å². The van der Waals surface area contributed by atoms with Gasteiger partial charge in [0, 0.05) is 45.4 Å². The lowest BCUT2D eigenvalue weighted by Gasteiger charge is -2.39. The van der Waals surface area contributed by atoms with Crippen LogP contribution >= 0.6 is 24.0 Å². The van der Waals surface area contributed by atoms with E-state index in [9.17, 15) is 13.2 Å². The highest BCUT2D eigenvalue weighted by atomic mass is 127. The summed E-state index contributed by atoms with van der Waals surface area (Å²) >= 11 is 0. The van der Waals surface area contributed by atoms with Gasteiger partial charge in [-0.3, -0.25) is 9.89 Å². The summed E-state index contributed by atoms with van der Waals surface area (Å²) in [5.74, 6) is 2.44. The third-order valence-electron chi connectivity index (χ3n) is 5.09.